The van der Waals surface area contributed by atoms with E-state index in [2.05, 4.69) is 4.18 Å². The molecular formula is C6H5F3O5PS2+. The zero-order valence-corrected chi connectivity index (χ0v) is 10.4. The summed E-state index contributed by atoms with van der Waals surface area (Å²) >= 11 is 0.198. The first kappa shape index (κ1) is 14.5. The third kappa shape index (κ3) is 3.71. The highest BCUT2D eigenvalue weighted by Gasteiger charge is 2.39. The monoisotopic (exact) mass is 309 g/mol. The Kier molecular flexibility index (Phi) is 4.26. The predicted molar refractivity (Wildman–Crippen MR) is 52.3 cm³/mol. The summed E-state index contributed by atoms with van der Waals surface area (Å²) in [6, 6.07) is 0.729. The molecule has 17 heavy (non-hydrogen) atoms. The van der Waals surface area contributed by atoms with E-state index in [-0.39, 0.29) is 11.3 Å². The van der Waals surface area contributed by atoms with Gasteiger partial charge < -0.3 is 0 Å². The maximum absolute atomic E-state index is 12.4. The minimum Gasteiger partial charge on any atom is -0.213 e. The molecule has 0 saturated heterocycles. The molecule has 0 saturated carbocycles. The predicted octanol–water partition coefficient (Wildman–Crippen LogP) is 2.16. The molecule has 1 heterocycles. The maximum atomic E-state index is 12.4. The summed E-state index contributed by atoms with van der Waals surface area (Å²) in [5.74, 6) is 0. The lowest BCUT2D eigenvalue weighted by atomic mass is 10.5. The molecule has 0 aliphatic carbocycles. The molecule has 1 atom stereocenters. The largest absolute Gasteiger partial charge is 0.535 e. The molecule has 0 amide bonds. The number of rotatable bonds is 4. The summed E-state index contributed by atoms with van der Waals surface area (Å²) in [5.41, 5.74) is 0. The van der Waals surface area contributed by atoms with Gasteiger partial charge in [0.15, 0.2) is 0 Å². The fourth-order valence-electron chi connectivity index (χ4n) is 0.879. The van der Waals surface area contributed by atoms with Crippen LogP contribution in [0.4, 0.5) is 13.2 Å². The second-order valence-corrected chi connectivity index (χ2v) is 6.13. The smallest absolute Gasteiger partial charge is 0.213 e. The van der Waals surface area contributed by atoms with Crippen molar-refractivity contribution in [3.63, 3.8) is 0 Å². The lowest BCUT2D eigenvalue weighted by Gasteiger charge is -2.06. The first-order valence-electron chi connectivity index (χ1n) is 3.82. The van der Waals surface area contributed by atoms with E-state index in [9.17, 15) is 26.2 Å². The second kappa shape index (κ2) is 4.99. The summed E-state index contributed by atoms with van der Waals surface area (Å²) < 4.78 is 74.1. The van der Waals surface area contributed by atoms with Gasteiger partial charge in [0.05, 0.1) is 0 Å². The van der Waals surface area contributed by atoms with Crippen LogP contribution in [0.25, 0.3) is 0 Å². The van der Waals surface area contributed by atoms with Crippen LogP contribution in [-0.2, 0) is 25.0 Å². The third-order valence-corrected chi connectivity index (χ3v) is 4.39. The minimum atomic E-state index is -4.82. The highest BCUT2D eigenvalue weighted by molar-refractivity contribution is 7.87. The normalized spacial score (nSPS) is 13.8. The molecule has 1 unspecified atom stereocenters. The van der Waals surface area contributed by atoms with E-state index < -0.39 is 40.4 Å². The first-order chi connectivity index (χ1) is 7.64. The van der Waals surface area contributed by atoms with Crippen molar-refractivity contribution in [3.8, 4) is 0 Å². The Balaban J connectivity index is 3.08. The van der Waals surface area contributed by atoms with Crippen molar-refractivity contribution < 1.29 is 35.2 Å². The minimum absolute atomic E-state index is 0.198. The van der Waals surface area contributed by atoms with Gasteiger partial charge in [-0.15, -0.1) is 11.3 Å². The van der Waals surface area contributed by atoms with Gasteiger partial charge in [0.1, 0.15) is 9.77 Å². The van der Waals surface area contributed by atoms with E-state index in [4.69, 9.17) is 4.89 Å². The standard InChI is InChI=1S/C6H4F3O5PS2/c7-6(8,9)5-4(1-2-16-5)17(12,13)14-3-15(10)11/h1-2H,3H2/p+1. The highest BCUT2D eigenvalue weighted by atomic mass is 32.2. The Hall–Kier alpha value is -0.540. The average Bonchev–Trinajstić information content (AvgIpc) is 2.63. The number of halogens is 3. The van der Waals surface area contributed by atoms with Crippen LogP contribution < -0.4 is 0 Å². The van der Waals surface area contributed by atoms with Gasteiger partial charge in [0.2, 0.25) is 0 Å². The van der Waals surface area contributed by atoms with Crippen molar-refractivity contribution in [2.24, 2.45) is 0 Å². The van der Waals surface area contributed by atoms with Crippen LogP contribution in [-0.4, -0.2) is 19.7 Å². The molecule has 1 aromatic rings. The molecule has 1 aromatic heterocycles. The summed E-state index contributed by atoms with van der Waals surface area (Å²) in [6.07, 6.45) is -5.90. The molecule has 0 aromatic carbocycles. The highest BCUT2D eigenvalue weighted by Crippen LogP contribution is 2.38. The van der Waals surface area contributed by atoms with Gasteiger partial charge in [0.25, 0.3) is 6.35 Å². The van der Waals surface area contributed by atoms with Crippen molar-refractivity contribution in [2.45, 2.75) is 11.1 Å². The number of thiophene rings is 1. The number of hydrogen-bond donors (Lipinski definition) is 1. The summed E-state index contributed by atoms with van der Waals surface area (Å²) in [4.78, 5) is 5.97. The van der Waals surface area contributed by atoms with Crippen molar-refractivity contribution in [1.29, 1.82) is 0 Å². The molecule has 0 fully saturated rings. The molecule has 96 valence electrons. The Morgan fingerprint density at radius 2 is 2.06 bits per heavy atom. The second-order valence-electron chi connectivity index (χ2n) is 2.66. The third-order valence-electron chi connectivity index (χ3n) is 1.47. The molecule has 0 bridgehead atoms. The number of alkyl halides is 3. The van der Waals surface area contributed by atoms with Gasteiger partial charge in [-0.1, -0.05) is 0 Å². The summed E-state index contributed by atoms with van der Waals surface area (Å²) in [7, 11) is -7.59. The van der Waals surface area contributed by atoms with Crippen LogP contribution in [0.5, 0.6) is 0 Å². The Morgan fingerprint density at radius 3 is 2.53 bits per heavy atom. The zero-order valence-electron chi connectivity index (χ0n) is 7.84. The number of hydrogen-bond acceptors (Lipinski definition) is 5. The zero-order chi connectivity index (χ0) is 13.3. The molecule has 1 rings (SSSR count). The van der Waals surface area contributed by atoms with Crippen molar-refractivity contribution in [1.82, 2.24) is 0 Å². The van der Waals surface area contributed by atoms with E-state index in [0.717, 1.165) is 11.4 Å². The van der Waals surface area contributed by atoms with E-state index >= 15 is 0 Å². The van der Waals surface area contributed by atoms with Crippen LogP contribution in [0.15, 0.2) is 16.3 Å². The van der Waals surface area contributed by atoms with Gasteiger partial charge >= 0.3 is 24.3 Å². The van der Waals surface area contributed by atoms with Gasteiger partial charge in [-0.25, -0.2) is 4.18 Å². The molecular weight excluding hydrogens is 304 g/mol. The van der Waals surface area contributed by atoms with E-state index in [1.165, 1.54) is 0 Å². The van der Waals surface area contributed by atoms with Gasteiger partial charge in [0, 0.05) is 0 Å². The average molecular weight is 309 g/mol. The van der Waals surface area contributed by atoms with E-state index in [1.807, 2.05) is 0 Å². The van der Waals surface area contributed by atoms with Crippen LogP contribution >= 0.6 is 19.4 Å². The van der Waals surface area contributed by atoms with Crippen LogP contribution in [0, 0.1) is 0 Å². The van der Waals surface area contributed by atoms with Crippen LogP contribution in [0.2, 0.25) is 0 Å². The first-order valence-corrected chi connectivity index (χ1v) is 7.51. The maximum Gasteiger partial charge on any atom is 0.535 e. The summed E-state index contributed by atoms with van der Waals surface area (Å²) in [6.45, 7) is 0. The Labute approximate surface area is 98.8 Å². The fourth-order valence-corrected chi connectivity index (χ4v) is 3.69. The van der Waals surface area contributed by atoms with Gasteiger partial charge in [-0.2, -0.15) is 26.5 Å². The molecule has 0 radical (unpaired) electrons. The van der Waals surface area contributed by atoms with Crippen LogP contribution in [0.3, 0.4) is 0 Å². The lowest BCUT2D eigenvalue weighted by Crippen LogP contribution is -2.12. The molecule has 0 aliphatic rings. The SMILES string of the molecule is O=[P+](O)COS(=O)(=O)c1ccsc1C(F)(F)F. The topological polar surface area (TPSA) is 80.7 Å². The lowest BCUT2D eigenvalue weighted by molar-refractivity contribution is -0.136. The fraction of sp³-hybridized carbons (Fsp3) is 0.333. The van der Waals surface area contributed by atoms with Gasteiger partial charge in [-0.3, -0.25) is 0 Å². The van der Waals surface area contributed by atoms with Crippen molar-refractivity contribution in [3.05, 3.63) is 16.3 Å². The quantitative estimate of drug-likeness (QED) is 0.681. The van der Waals surface area contributed by atoms with E-state index in [1.54, 1.807) is 0 Å². The van der Waals surface area contributed by atoms with Crippen molar-refractivity contribution in [2.75, 3.05) is 6.35 Å². The van der Waals surface area contributed by atoms with Gasteiger partial charge in [-0.05, 0) is 16.0 Å². The molecule has 0 spiro atoms. The summed E-state index contributed by atoms with van der Waals surface area (Å²) in [5, 5.41) is 0.942. The van der Waals surface area contributed by atoms with E-state index in [0.29, 0.717) is 0 Å². The molecule has 0 aliphatic heterocycles. The molecule has 11 heteroatoms. The molecule has 5 nitrogen and oxygen atoms in total. The van der Waals surface area contributed by atoms with Crippen molar-refractivity contribution >= 4 is 29.5 Å². The Morgan fingerprint density at radius 1 is 1.47 bits per heavy atom. The Bertz CT molecular complexity index is 520. The van der Waals surface area contributed by atoms with Crippen LogP contribution in [0.1, 0.15) is 4.88 Å². The molecule has 1 N–H and O–H groups in total.